The maximum Gasteiger partial charge on any atom is 0.246 e. The van der Waals surface area contributed by atoms with Crippen LogP contribution in [0.1, 0.15) is 92.2 Å². The lowest BCUT2D eigenvalue weighted by molar-refractivity contribution is 0.0319. The van der Waals surface area contributed by atoms with Gasteiger partial charge in [-0.05, 0) is 84.2 Å². The summed E-state index contributed by atoms with van der Waals surface area (Å²) < 4.78 is 20.7. The van der Waals surface area contributed by atoms with Gasteiger partial charge in [-0.3, -0.25) is 4.90 Å². The number of nitriles is 1. The van der Waals surface area contributed by atoms with Gasteiger partial charge in [0.2, 0.25) is 5.88 Å². The van der Waals surface area contributed by atoms with Crippen LogP contribution in [0, 0.1) is 11.3 Å². The monoisotopic (exact) mass is 685 g/mol. The molecule has 258 valence electrons. The first-order valence-corrected chi connectivity index (χ1v) is 18.4. The topological polar surface area (TPSA) is 165 Å². The Balaban J connectivity index is 1.24. The summed E-state index contributed by atoms with van der Waals surface area (Å²) in [5.74, 6) is 2.51. The lowest BCUT2D eigenvalue weighted by Gasteiger charge is -2.42. The first-order valence-electron chi connectivity index (χ1n) is 17.6. The summed E-state index contributed by atoms with van der Waals surface area (Å²) in [5, 5.41) is 32.6. The molecule has 0 bridgehead atoms. The summed E-state index contributed by atoms with van der Waals surface area (Å²) in [5.41, 5.74) is 9.00. The predicted molar refractivity (Wildman–Crippen MR) is 184 cm³/mol. The van der Waals surface area contributed by atoms with Crippen LogP contribution in [0.15, 0.2) is 4.52 Å². The van der Waals surface area contributed by atoms with Gasteiger partial charge in [0, 0.05) is 30.6 Å². The highest BCUT2D eigenvalue weighted by molar-refractivity contribution is 7.16. The van der Waals surface area contributed by atoms with Gasteiger partial charge in [0.05, 0.1) is 40.8 Å². The summed E-state index contributed by atoms with van der Waals surface area (Å²) in [6, 6.07) is 2.45. The molecule has 0 unspecified atom stereocenters. The number of likely N-dealkylation sites (tertiary alicyclic amines) is 1. The molecule has 0 amide bonds. The Morgan fingerprint density at radius 2 is 2.00 bits per heavy atom. The molecule has 6 atom stereocenters. The quantitative estimate of drug-likeness (QED) is 0.313. The van der Waals surface area contributed by atoms with Crippen molar-refractivity contribution in [1.82, 2.24) is 29.8 Å². The van der Waals surface area contributed by atoms with Crippen molar-refractivity contribution in [2.75, 3.05) is 44.5 Å². The highest BCUT2D eigenvalue weighted by Crippen LogP contribution is 2.55. The minimum atomic E-state index is -0.876. The van der Waals surface area contributed by atoms with Gasteiger partial charge in [-0.1, -0.05) is 5.16 Å². The standard InChI is InChI=1S/C35H43N9O4S/c1-18(27-22(46-4)10-14-42(27)3)44-32-24-31(43-17-34(2,45)13-9-19(43)16-47-33(24)40-44)38-30(39-32)26-20-7-5-11-35(28(20)48-41-26)12-6-8-23-25(35)21(15-36)29(37)49-23/h18-19,22,27,45H,5-14,16-17,37H2,1-4H3/t18-,19+,22-,27+,34+,35-/m0/s1. The number of nitrogens with two attached hydrogens (primary N) is 1. The highest BCUT2D eigenvalue weighted by atomic mass is 32.1. The number of fused-ring (bicyclic) bond motifs is 6. The fourth-order valence-corrected chi connectivity index (χ4v) is 10.9. The molecule has 3 N–H and O–H groups in total. The van der Waals surface area contributed by atoms with E-state index in [1.165, 1.54) is 16.2 Å². The number of hydrogen-bond acceptors (Lipinski definition) is 13. The Labute approximate surface area is 289 Å². The van der Waals surface area contributed by atoms with Crippen LogP contribution < -0.4 is 15.4 Å². The number of aromatic nitrogens is 5. The number of hydrogen-bond donors (Lipinski definition) is 2. The van der Waals surface area contributed by atoms with E-state index in [2.05, 4.69) is 29.8 Å². The fourth-order valence-electron chi connectivity index (χ4n) is 9.73. The summed E-state index contributed by atoms with van der Waals surface area (Å²) in [6.45, 7) is 5.85. The number of rotatable bonds is 4. The molecule has 0 saturated carbocycles. The maximum atomic E-state index is 11.3. The Bertz CT molecular complexity index is 2010. The number of nitrogens with zero attached hydrogens (tertiary/aromatic N) is 8. The zero-order chi connectivity index (χ0) is 33.8. The lowest BCUT2D eigenvalue weighted by atomic mass is 9.63. The van der Waals surface area contributed by atoms with E-state index in [1.807, 2.05) is 11.6 Å². The van der Waals surface area contributed by atoms with Crippen molar-refractivity contribution >= 4 is 33.2 Å². The summed E-state index contributed by atoms with van der Waals surface area (Å²) in [7, 11) is 3.91. The van der Waals surface area contributed by atoms with E-state index in [4.69, 9.17) is 40.0 Å². The molecule has 5 aliphatic rings. The predicted octanol–water partition coefficient (Wildman–Crippen LogP) is 4.35. The van der Waals surface area contributed by atoms with E-state index >= 15 is 0 Å². The summed E-state index contributed by atoms with van der Waals surface area (Å²) >= 11 is 1.54. The van der Waals surface area contributed by atoms with E-state index in [-0.39, 0.29) is 24.2 Å². The largest absolute Gasteiger partial charge is 0.474 e. The molecule has 2 fully saturated rings. The molecule has 2 saturated heterocycles. The van der Waals surface area contributed by atoms with E-state index in [0.29, 0.717) is 59.0 Å². The number of aryl methyl sites for hydroxylation is 1. The van der Waals surface area contributed by atoms with Crippen molar-refractivity contribution in [1.29, 1.82) is 5.26 Å². The molecule has 3 aliphatic heterocycles. The van der Waals surface area contributed by atoms with E-state index in [9.17, 15) is 10.4 Å². The van der Waals surface area contributed by atoms with Crippen LogP contribution in [0.3, 0.4) is 0 Å². The number of likely N-dealkylation sites (N-methyl/N-ethyl adjacent to an activating group) is 1. The average Bonchev–Trinajstić information content (AvgIpc) is 3.84. The van der Waals surface area contributed by atoms with Gasteiger partial charge in [0.1, 0.15) is 28.9 Å². The van der Waals surface area contributed by atoms with Gasteiger partial charge in [-0.25, -0.2) is 14.6 Å². The number of ether oxygens (including phenoxy) is 2. The zero-order valence-electron chi connectivity index (χ0n) is 28.5. The van der Waals surface area contributed by atoms with Gasteiger partial charge < -0.3 is 29.7 Å². The maximum absolute atomic E-state index is 11.3. The third-order valence-corrected chi connectivity index (χ3v) is 13.1. The van der Waals surface area contributed by atoms with Gasteiger partial charge in [0.25, 0.3) is 0 Å². The number of piperidine rings is 1. The van der Waals surface area contributed by atoms with Gasteiger partial charge in [-0.2, -0.15) is 5.26 Å². The second-order valence-corrected chi connectivity index (χ2v) is 16.2. The molecule has 0 radical (unpaired) electrons. The molecule has 13 nitrogen and oxygen atoms in total. The molecule has 14 heteroatoms. The SMILES string of the molecule is CO[C@H]1CCN(C)[C@@H]1[C@H](C)n1nc2c3c(nc(-c4noc5c4CCC[C@@]54CCCc5sc(N)c(C#N)c54)nc31)N1C[C@](C)(O)CC[C@@H]1CO2. The van der Waals surface area contributed by atoms with Crippen LogP contribution >= 0.6 is 11.3 Å². The Morgan fingerprint density at radius 3 is 2.80 bits per heavy atom. The average molecular weight is 686 g/mol. The lowest BCUT2D eigenvalue weighted by Crippen LogP contribution is -2.53. The van der Waals surface area contributed by atoms with Crippen LogP contribution in [0.4, 0.5) is 10.8 Å². The van der Waals surface area contributed by atoms with Gasteiger partial charge in [0.15, 0.2) is 22.9 Å². The molecule has 0 aromatic carbocycles. The van der Waals surface area contributed by atoms with Crippen LogP contribution in [-0.2, 0) is 23.0 Å². The molecule has 2 aliphatic carbocycles. The number of nitrogen functional groups attached to an aromatic ring is 1. The smallest absolute Gasteiger partial charge is 0.246 e. The first kappa shape index (κ1) is 31.2. The molecule has 1 spiro atoms. The fraction of sp³-hybridized carbons (Fsp3) is 0.629. The van der Waals surface area contributed by atoms with Crippen molar-refractivity contribution < 1.29 is 19.1 Å². The second-order valence-electron chi connectivity index (χ2n) is 15.1. The molecule has 9 rings (SSSR count). The number of anilines is 2. The third kappa shape index (κ3) is 4.51. The zero-order valence-corrected chi connectivity index (χ0v) is 29.3. The van der Waals surface area contributed by atoms with Gasteiger partial charge in [-0.15, -0.1) is 16.4 Å². The van der Waals surface area contributed by atoms with Crippen molar-refractivity contribution in [3.05, 3.63) is 27.3 Å². The van der Waals surface area contributed by atoms with Crippen LogP contribution in [-0.4, -0.2) is 92.6 Å². The van der Waals surface area contributed by atoms with Gasteiger partial charge >= 0.3 is 0 Å². The molecule has 4 aromatic rings. The molecule has 7 heterocycles. The van der Waals surface area contributed by atoms with Crippen LogP contribution in [0.5, 0.6) is 5.88 Å². The first-order chi connectivity index (χ1) is 23.6. The molecular formula is C35H43N9O4S. The Hall–Kier alpha value is -3.77. The van der Waals surface area contributed by atoms with Crippen LogP contribution in [0.2, 0.25) is 0 Å². The van der Waals surface area contributed by atoms with Crippen molar-refractivity contribution in [2.24, 2.45) is 0 Å². The van der Waals surface area contributed by atoms with E-state index < -0.39 is 11.0 Å². The highest BCUT2D eigenvalue weighted by Gasteiger charge is 2.49. The summed E-state index contributed by atoms with van der Waals surface area (Å²) in [6.07, 6.45) is 7.81. The number of thiophene rings is 1. The van der Waals surface area contributed by atoms with E-state index in [0.717, 1.165) is 80.2 Å². The second kappa shape index (κ2) is 11.1. The molecule has 49 heavy (non-hydrogen) atoms. The normalized spacial score (nSPS) is 30.0. The van der Waals surface area contributed by atoms with Crippen LogP contribution in [0.25, 0.3) is 22.6 Å². The Morgan fingerprint density at radius 1 is 1.18 bits per heavy atom. The van der Waals surface area contributed by atoms with Crippen molar-refractivity contribution in [3.8, 4) is 23.5 Å². The van der Waals surface area contributed by atoms with Crippen molar-refractivity contribution in [3.63, 3.8) is 0 Å². The minimum absolute atomic E-state index is 0.0358. The summed E-state index contributed by atoms with van der Waals surface area (Å²) in [4.78, 5) is 16.2. The number of methoxy groups -OCH3 is 1. The van der Waals surface area contributed by atoms with Crippen molar-refractivity contribution in [2.45, 2.75) is 107 Å². The third-order valence-electron chi connectivity index (χ3n) is 12.1. The Kier molecular flexibility index (Phi) is 7.08. The number of aliphatic hydroxyl groups is 1. The van der Waals surface area contributed by atoms with E-state index in [1.54, 1.807) is 7.11 Å². The minimum Gasteiger partial charge on any atom is -0.474 e. The molecular weight excluding hydrogens is 643 g/mol. The molecule has 4 aromatic heterocycles.